The second kappa shape index (κ2) is 8.32. The fourth-order valence-electron chi connectivity index (χ4n) is 1.72. The molecule has 2 aromatic rings. The number of carbonyl (C=O) groups is 1. The summed E-state index contributed by atoms with van der Waals surface area (Å²) in [5.41, 5.74) is 0.168. The van der Waals surface area contributed by atoms with Crippen LogP contribution in [-0.2, 0) is 0 Å². The Morgan fingerprint density at radius 3 is 2.40 bits per heavy atom. The molecule has 0 spiro atoms. The summed E-state index contributed by atoms with van der Waals surface area (Å²) in [5, 5.41) is 2.56. The molecule has 5 nitrogen and oxygen atoms in total. The van der Waals surface area contributed by atoms with Gasteiger partial charge in [-0.1, -0.05) is 0 Å². The number of hydrogen-bond acceptors (Lipinski definition) is 4. The molecule has 1 heterocycles. The third-order valence-corrected chi connectivity index (χ3v) is 2.85. The molecule has 9 heteroatoms. The SMILES string of the molecule is O=C(NCCOc1ccc(F)cc1)c1ccc(OCC(F)(F)F)nc1. The van der Waals surface area contributed by atoms with E-state index in [4.69, 9.17) is 4.74 Å². The van der Waals surface area contributed by atoms with Gasteiger partial charge in [-0.05, 0) is 30.3 Å². The molecule has 1 aromatic heterocycles. The van der Waals surface area contributed by atoms with Crippen LogP contribution < -0.4 is 14.8 Å². The van der Waals surface area contributed by atoms with E-state index in [2.05, 4.69) is 15.0 Å². The van der Waals surface area contributed by atoms with Crippen LogP contribution in [-0.4, -0.2) is 36.8 Å². The zero-order valence-corrected chi connectivity index (χ0v) is 12.8. The van der Waals surface area contributed by atoms with Gasteiger partial charge in [0.15, 0.2) is 6.61 Å². The van der Waals surface area contributed by atoms with E-state index in [0.29, 0.717) is 5.75 Å². The van der Waals surface area contributed by atoms with Gasteiger partial charge in [-0.2, -0.15) is 13.2 Å². The molecule has 25 heavy (non-hydrogen) atoms. The predicted octanol–water partition coefficient (Wildman–Crippen LogP) is 2.97. The summed E-state index contributed by atoms with van der Waals surface area (Å²) >= 11 is 0. The van der Waals surface area contributed by atoms with Crippen molar-refractivity contribution in [2.75, 3.05) is 19.8 Å². The van der Waals surface area contributed by atoms with Gasteiger partial charge in [0.1, 0.15) is 18.2 Å². The van der Waals surface area contributed by atoms with Crippen LogP contribution in [0.3, 0.4) is 0 Å². The predicted molar refractivity (Wildman–Crippen MR) is 80.0 cm³/mol. The Bertz CT molecular complexity index is 688. The van der Waals surface area contributed by atoms with Crippen molar-refractivity contribution in [2.45, 2.75) is 6.18 Å². The summed E-state index contributed by atoms with van der Waals surface area (Å²) in [4.78, 5) is 15.5. The second-order valence-electron chi connectivity index (χ2n) is 4.85. The summed E-state index contributed by atoms with van der Waals surface area (Å²) in [7, 11) is 0. The standard InChI is InChI=1S/C16H14F4N2O3/c17-12-2-4-13(5-3-12)24-8-7-21-15(23)11-1-6-14(22-9-11)25-10-16(18,19)20/h1-6,9H,7-8,10H2,(H,21,23). The first-order chi connectivity index (χ1) is 11.8. The first-order valence-corrected chi connectivity index (χ1v) is 7.16. The molecule has 0 aliphatic heterocycles. The lowest BCUT2D eigenvalue weighted by atomic mass is 10.2. The number of benzene rings is 1. The van der Waals surface area contributed by atoms with Crippen LogP contribution in [0.15, 0.2) is 42.6 Å². The highest BCUT2D eigenvalue weighted by Crippen LogP contribution is 2.17. The highest BCUT2D eigenvalue weighted by atomic mass is 19.4. The van der Waals surface area contributed by atoms with Gasteiger partial charge in [-0.15, -0.1) is 0 Å². The van der Waals surface area contributed by atoms with Gasteiger partial charge in [-0.3, -0.25) is 4.79 Å². The quantitative estimate of drug-likeness (QED) is 0.611. The third-order valence-electron chi connectivity index (χ3n) is 2.85. The highest BCUT2D eigenvalue weighted by Gasteiger charge is 2.28. The Kier molecular flexibility index (Phi) is 6.15. The van der Waals surface area contributed by atoms with Crippen molar-refractivity contribution in [3.8, 4) is 11.6 Å². The molecule has 0 fully saturated rings. The van der Waals surface area contributed by atoms with E-state index in [9.17, 15) is 22.4 Å². The number of pyridine rings is 1. The van der Waals surface area contributed by atoms with Crippen molar-refractivity contribution >= 4 is 5.91 Å². The summed E-state index contributed by atoms with van der Waals surface area (Å²) in [6.07, 6.45) is -3.34. The Balaban J connectivity index is 1.74. The Labute approximate surface area is 140 Å². The normalized spacial score (nSPS) is 11.0. The first-order valence-electron chi connectivity index (χ1n) is 7.16. The van der Waals surface area contributed by atoms with Gasteiger partial charge < -0.3 is 14.8 Å². The number of nitrogens with zero attached hydrogens (tertiary/aromatic N) is 1. The number of hydrogen-bond donors (Lipinski definition) is 1. The molecule has 134 valence electrons. The lowest BCUT2D eigenvalue weighted by Gasteiger charge is -2.09. The number of amides is 1. The van der Waals surface area contributed by atoms with Crippen LogP contribution in [0, 0.1) is 5.82 Å². The fourth-order valence-corrected chi connectivity index (χ4v) is 1.72. The Morgan fingerprint density at radius 2 is 1.80 bits per heavy atom. The number of alkyl halides is 3. The monoisotopic (exact) mass is 358 g/mol. The van der Waals surface area contributed by atoms with Crippen molar-refractivity contribution in [1.29, 1.82) is 0 Å². The van der Waals surface area contributed by atoms with Gasteiger partial charge in [-0.25, -0.2) is 9.37 Å². The van der Waals surface area contributed by atoms with E-state index in [1.165, 1.54) is 36.4 Å². The van der Waals surface area contributed by atoms with Gasteiger partial charge in [0, 0.05) is 12.3 Å². The van der Waals surface area contributed by atoms with Crippen LogP contribution in [0.4, 0.5) is 17.6 Å². The van der Waals surface area contributed by atoms with Crippen molar-refractivity contribution in [3.63, 3.8) is 0 Å². The lowest BCUT2D eigenvalue weighted by Crippen LogP contribution is -2.28. The molecule has 0 unspecified atom stereocenters. The molecule has 1 aromatic carbocycles. The van der Waals surface area contributed by atoms with Crippen LogP contribution in [0.1, 0.15) is 10.4 Å². The highest BCUT2D eigenvalue weighted by molar-refractivity contribution is 5.93. The summed E-state index contributed by atoms with van der Waals surface area (Å²) in [6, 6.07) is 7.90. The average molecular weight is 358 g/mol. The number of rotatable bonds is 7. The Hall–Kier alpha value is -2.84. The molecule has 2 rings (SSSR count). The zero-order valence-electron chi connectivity index (χ0n) is 12.8. The fraction of sp³-hybridized carbons (Fsp3) is 0.250. The van der Waals surface area contributed by atoms with Crippen molar-refractivity contribution in [1.82, 2.24) is 10.3 Å². The molecule has 1 amide bonds. The third kappa shape index (κ3) is 6.66. The minimum absolute atomic E-state index is 0.164. The van der Waals surface area contributed by atoms with Crippen LogP contribution >= 0.6 is 0 Å². The Morgan fingerprint density at radius 1 is 1.08 bits per heavy atom. The number of aromatic nitrogens is 1. The maximum Gasteiger partial charge on any atom is 0.422 e. The molecule has 0 aliphatic carbocycles. The smallest absolute Gasteiger partial charge is 0.422 e. The summed E-state index contributed by atoms with van der Waals surface area (Å²) in [6.45, 7) is -1.10. The van der Waals surface area contributed by atoms with Crippen molar-refractivity contribution in [3.05, 3.63) is 54.0 Å². The molecule has 0 bridgehead atoms. The number of ether oxygens (including phenoxy) is 2. The maximum atomic E-state index is 12.7. The van der Waals surface area contributed by atoms with E-state index in [0.717, 1.165) is 6.20 Å². The van der Waals surface area contributed by atoms with Crippen LogP contribution in [0.25, 0.3) is 0 Å². The van der Waals surface area contributed by atoms with Gasteiger partial charge in [0.25, 0.3) is 5.91 Å². The minimum Gasteiger partial charge on any atom is -0.492 e. The molecule has 0 saturated heterocycles. The van der Waals surface area contributed by atoms with Gasteiger partial charge >= 0.3 is 6.18 Å². The largest absolute Gasteiger partial charge is 0.492 e. The second-order valence-corrected chi connectivity index (χ2v) is 4.85. The summed E-state index contributed by atoms with van der Waals surface area (Å²) in [5.74, 6) is -0.606. The molecule has 0 saturated carbocycles. The van der Waals surface area contributed by atoms with Crippen molar-refractivity contribution in [2.24, 2.45) is 0 Å². The van der Waals surface area contributed by atoms with Crippen molar-refractivity contribution < 1.29 is 31.8 Å². The molecule has 0 radical (unpaired) electrons. The number of nitrogens with one attached hydrogen (secondary N) is 1. The molecule has 0 aliphatic rings. The molecule has 1 N–H and O–H groups in total. The number of halogens is 4. The van der Waals surface area contributed by atoms with E-state index in [-0.39, 0.29) is 30.4 Å². The van der Waals surface area contributed by atoms with Crippen LogP contribution in [0.5, 0.6) is 11.6 Å². The first kappa shape index (κ1) is 18.5. The minimum atomic E-state index is -4.46. The van der Waals surface area contributed by atoms with E-state index >= 15 is 0 Å². The summed E-state index contributed by atoms with van der Waals surface area (Å²) < 4.78 is 58.5. The maximum absolute atomic E-state index is 12.7. The van der Waals surface area contributed by atoms with E-state index in [1.54, 1.807) is 0 Å². The van der Waals surface area contributed by atoms with Crippen LogP contribution in [0.2, 0.25) is 0 Å². The van der Waals surface area contributed by atoms with Gasteiger partial charge in [0.05, 0.1) is 12.1 Å². The zero-order chi connectivity index (χ0) is 18.3. The lowest BCUT2D eigenvalue weighted by molar-refractivity contribution is -0.154. The topological polar surface area (TPSA) is 60.5 Å². The van der Waals surface area contributed by atoms with E-state index in [1.807, 2.05) is 0 Å². The molecular weight excluding hydrogens is 344 g/mol. The number of carbonyl (C=O) groups excluding carboxylic acids is 1. The molecule has 0 atom stereocenters. The average Bonchev–Trinajstić information content (AvgIpc) is 2.58. The van der Waals surface area contributed by atoms with E-state index < -0.39 is 18.7 Å². The molecular formula is C16H14F4N2O3. The van der Waals surface area contributed by atoms with Gasteiger partial charge in [0.2, 0.25) is 5.88 Å².